The van der Waals surface area contributed by atoms with Gasteiger partial charge in [-0.1, -0.05) is 19.1 Å². The van der Waals surface area contributed by atoms with Gasteiger partial charge in [-0.15, -0.1) is 0 Å². The largest absolute Gasteiger partial charge is 0.389 e. The van der Waals surface area contributed by atoms with Crippen molar-refractivity contribution in [2.45, 2.75) is 32.5 Å². The van der Waals surface area contributed by atoms with Crippen LogP contribution >= 0.6 is 0 Å². The number of anilines is 1. The van der Waals surface area contributed by atoms with Crippen molar-refractivity contribution in [2.75, 3.05) is 24.6 Å². The predicted octanol–water partition coefficient (Wildman–Crippen LogP) is 2.49. The van der Waals surface area contributed by atoms with Crippen molar-refractivity contribution in [2.24, 2.45) is 0 Å². The van der Waals surface area contributed by atoms with Crippen LogP contribution in [0, 0.1) is 5.82 Å². The summed E-state index contributed by atoms with van der Waals surface area (Å²) in [5, 5.41) is 9.76. The summed E-state index contributed by atoms with van der Waals surface area (Å²) in [4.78, 5) is 1.98. The highest BCUT2D eigenvalue weighted by Crippen LogP contribution is 2.30. The Balaban J connectivity index is 2.31. The number of aliphatic hydroxyl groups is 1. The lowest BCUT2D eigenvalue weighted by molar-refractivity contribution is 0.0380. The minimum atomic E-state index is -0.668. The number of aliphatic hydroxyl groups excluding tert-OH is 1. The third-order valence-corrected chi connectivity index (χ3v) is 3.38. The first-order valence-corrected chi connectivity index (χ1v) is 6.46. The van der Waals surface area contributed by atoms with Crippen LogP contribution in [0.4, 0.5) is 10.1 Å². The van der Waals surface area contributed by atoms with E-state index in [1.54, 1.807) is 19.1 Å². The van der Waals surface area contributed by atoms with Crippen LogP contribution in [0.2, 0.25) is 0 Å². The summed E-state index contributed by atoms with van der Waals surface area (Å²) in [6, 6.07) is 4.86. The molecule has 0 radical (unpaired) electrons. The Kier molecular flexibility index (Phi) is 4.19. The minimum absolute atomic E-state index is 0.139. The molecule has 100 valence electrons. The number of rotatable bonds is 3. The molecule has 1 aromatic rings. The number of morpholine rings is 1. The Morgan fingerprint density at radius 1 is 1.56 bits per heavy atom. The molecule has 3 nitrogen and oxygen atoms in total. The van der Waals surface area contributed by atoms with Crippen LogP contribution in [-0.2, 0) is 4.74 Å². The van der Waals surface area contributed by atoms with E-state index in [1.807, 2.05) is 4.90 Å². The molecular weight excluding hydrogens is 233 g/mol. The third-order valence-electron chi connectivity index (χ3n) is 3.38. The van der Waals surface area contributed by atoms with E-state index in [0.717, 1.165) is 6.42 Å². The zero-order valence-electron chi connectivity index (χ0n) is 10.9. The van der Waals surface area contributed by atoms with Crippen molar-refractivity contribution in [3.05, 3.63) is 29.6 Å². The average molecular weight is 253 g/mol. The summed E-state index contributed by atoms with van der Waals surface area (Å²) < 4.78 is 19.6. The predicted molar refractivity (Wildman–Crippen MR) is 69.3 cm³/mol. The van der Waals surface area contributed by atoms with E-state index < -0.39 is 6.10 Å². The smallest absolute Gasteiger partial charge is 0.146 e. The van der Waals surface area contributed by atoms with Gasteiger partial charge < -0.3 is 14.7 Å². The van der Waals surface area contributed by atoms with Crippen molar-refractivity contribution in [3.8, 4) is 0 Å². The van der Waals surface area contributed by atoms with E-state index in [1.165, 1.54) is 6.07 Å². The number of para-hydroxylation sites is 1. The maximum absolute atomic E-state index is 14.0. The fraction of sp³-hybridized carbons (Fsp3) is 0.571. The first-order chi connectivity index (χ1) is 8.63. The summed E-state index contributed by atoms with van der Waals surface area (Å²) in [5.41, 5.74) is 1.17. The quantitative estimate of drug-likeness (QED) is 0.898. The summed E-state index contributed by atoms with van der Waals surface area (Å²) in [6.07, 6.45) is 0.383. The number of nitrogens with zero attached hydrogens (tertiary/aromatic N) is 1. The standard InChI is InChI=1S/C14H20FNO2/c1-3-11-9-16(7-8-18-11)14-12(10(2)17)5-4-6-13(14)15/h4-6,10-11,17H,3,7-9H2,1-2H3/t10-,11?/m0/s1. The van der Waals surface area contributed by atoms with E-state index in [4.69, 9.17) is 4.74 Å². The summed E-state index contributed by atoms with van der Waals surface area (Å²) in [5.74, 6) is -0.273. The van der Waals surface area contributed by atoms with Crippen LogP contribution in [0.5, 0.6) is 0 Å². The first-order valence-electron chi connectivity index (χ1n) is 6.46. The normalized spacial score (nSPS) is 22.0. The van der Waals surface area contributed by atoms with Gasteiger partial charge in [0.1, 0.15) is 5.82 Å². The summed E-state index contributed by atoms with van der Waals surface area (Å²) in [6.45, 7) is 5.67. The second-order valence-electron chi connectivity index (χ2n) is 4.70. The highest BCUT2D eigenvalue weighted by Gasteiger charge is 2.24. The number of hydrogen-bond donors (Lipinski definition) is 1. The van der Waals surface area contributed by atoms with Crippen LogP contribution in [0.15, 0.2) is 18.2 Å². The van der Waals surface area contributed by atoms with Crippen molar-refractivity contribution in [1.82, 2.24) is 0 Å². The van der Waals surface area contributed by atoms with Gasteiger partial charge in [-0.25, -0.2) is 4.39 Å². The van der Waals surface area contributed by atoms with Crippen LogP contribution < -0.4 is 4.90 Å². The average Bonchev–Trinajstić information content (AvgIpc) is 2.38. The van der Waals surface area contributed by atoms with Gasteiger partial charge in [0.2, 0.25) is 0 Å². The summed E-state index contributed by atoms with van der Waals surface area (Å²) >= 11 is 0. The summed E-state index contributed by atoms with van der Waals surface area (Å²) in [7, 11) is 0. The number of hydrogen-bond acceptors (Lipinski definition) is 3. The van der Waals surface area contributed by atoms with Crippen molar-refractivity contribution >= 4 is 5.69 Å². The number of benzene rings is 1. The first kappa shape index (κ1) is 13.3. The topological polar surface area (TPSA) is 32.7 Å². The van der Waals surface area contributed by atoms with Gasteiger partial charge in [-0.3, -0.25) is 0 Å². The van der Waals surface area contributed by atoms with E-state index in [9.17, 15) is 9.50 Å². The van der Waals surface area contributed by atoms with Gasteiger partial charge in [0.25, 0.3) is 0 Å². The molecule has 1 heterocycles. The maximum Gasteiger partial charge on any atom is 0.146 e. The molecule has 1 unspecified atom stereocenters. The molecule has 1 fully saturated rings. The van der Waals surface area contributed by atoms with Crippen LogP contribution in [0.3, 0.4) is 0 Å². The molecule has 4 heteroatoms. The molecule has 0 amide bonds. The second-order valence-corrected chi connectivity index (χ2v) is 4.70. The van der Waals surface area contributed by atoms with Crippen molar-refractivity contribution in [3.63, 3.8) is 0 Å². The van der Waals surface area contributed by atoms with Crippen LogP contribution in [0.25, 0.3) is 0 Å². The van der Waals surface area contributed by atoms with Crippen molar-refractivity contribution < 1.29 is 14.2 Å². The molecule has 2 atom stereocenters. The Bertz CT molecular complexity index is 409. The third kappa shape index (κ3) is 2.65. The molecule has 2 rings (SSSR count). The molecule has 18 heavy (non-hydrogen) atoms. The van der Waals surface area contributed by atoms with Gasteiger partial charge >= 0.3 is 0 Å². The number of halogens is 1. The molecule has 0 bridgehead atoms. The van der Waals surface area contributed by atoms with Crippen LogP contribution in [0.1, 0.15) is 31.9 Å². The molecule has 1 N–H and O–H groups in total. The Morgan fingerprint density at radius 2 is 2.33 bits per heavy atom. The Hall–Kier alpha value is -1.13. The number of ether oxygens (including phenoxy) is 1. The molecule has 0 saturated carbocycles. The molecule has 1 aliphatic heterocycles. The van der Waals surface area contributed by atoms with E-state index in [0.29, 0.717) is 30.9 Å². The molecular formula is C14H20FNO2. The zero-order valence-corrected chi connectivity index (χ0v) is 10.9. The van der Waals surface area contributed by atoms with Crippen molar-refractivity contribution in [1.29, 1.82) is 0 Å². The van der Waals surface area contributed by atoms with E-state index in [-0.39, 0.29) is 11.9 Å². The minimum Gasteiger partial charge on any atom is -0.389 e. The van der Waals surface area contributed by atoms with Crippen LogP contribution in [-0.4, -0.2) is 30.9 Å². The fourth-order valence-electron chi connectivity index (χ4n) is 2.37. The zero-order chi connectivity index (χ0) is 13.1. The van der Waals surface area contributed by atoms with E-state index in [2.05, 4.69) is 6.92 Å². The van der Waals surface area contributed by atoms with Gasteiger partial charge in [0.15, 0.2) is 0 Å². The van der Waals surface area contributed by atoms with Gasteiger partial charge in [-0.05, 0) is 19.4 Å². The second kappa shape index (κ2) is 5.67. The molecule has 1 aromatic carbocycles. The molecule has 0 spiro atoms. The van der Waals surface area contributed by atoms with Gasteiger partial charge in [-0.2, -0.15) is 0 Å². The molecule has 1 aliphatic rings. The highest BCUT2D eigenvalue weighted by atomic mass is 19.1. The maximum atomic E-state index is 14.0. The lowest BCUT2D eigenvalue weighted by atomic mass is 10.1. The van der Waals surface area contributed by atoms with Gasteiger partial charge in [0.05, 0.1) is 24.5 Å². The lowest BCUT2D eigenvalue weighted by Crippen LogP contribution is -2.43. The Morgan fingerprint density at radius 3 is 3.00 bits per heavy atom. The van der Waals surface area contributed by atoms with E-state index >= 15 is 0 Å². The monoisotopic (exact) mass is 253 g/mol. The van der Waals surface area contributed by atoms with Gasteiger partial charge in [0, 0.05) is 18.7 Å². The fourth-order valence-corrected chi connectivity index (χ4v) is 2.37. The lowest BCUT2D eigenvalue weighted by Gasteiger charge is -2.35. The Labute approximate surface area is 107 Å². The molecule has 0 aromatic heterocycles. The molecule has 0 aliphatic carbocycles. The molecule has 1 saturated heterocycles. The highest BCUT2D eigenvalue weighted by molar-refractivity contribution is 5.56. The SMILES string of the molecule is CCC1CN(c2c(F)cccc2[C@H](C)O)CCO1.